The molecule has 7 nitrogen and oxygen atoms in total. The van der Waals surface area contributed by atoms with E-state index < -0.39 is 15.9 Å². The number of nitrogens with one attached hydrogen (secondary N) is 1. The smallest absolute Gasteiger partial charge is 0.282 e. The Hall–Kier alpha value is -2.06. The zero-order valence-electron chi connectivity index (χ0n) is 11.1. The fourth-order valence-electron chi connectivity index (χ4n) is 1.67. The molecule has 0 saturated carbocycles. The first-order valence-corrected chi connectivity index (χ1v) is 7.72. The van der Waals surface area contributed by atoms with Gasteiger partial charge in [0.15, 0.2) is 0 Å². The number of rotatable bonds is 5. The van der Waals surface area contributed by atoms with E-state index in [0.717, 1.165) is 0 Å². The van der Waals surface area contributed by atoms with Crippen LogP contribution in [0.15, 0.2) is 35.6 Å². The van der Waals surface area contributed by atoms with Gasteiger partial charge in [0.1, 0.15) is 5.15 Å². The zero-order valence-corrected chi connectivity index (χ0v) is 12.6. The maximum Gasteiger partial charge on any atom is 0.282 e. The van der Waals surface area contributed by atoms with Gasteiger partial charge in [-0.05, 0) is 17.7 Å². The number of aryl methyl sites for hydroxylation is 1. The maximum atomic E-state index is 12.2. The molecule has 2 rings (SSSR count). The molecule has 0 aliphatic heterocycles. The van der Waals surface area contributed by atoms with Crippen molar-refractivity contribution in [1.82, 2.24) is 9.55 Å². The summed E-state index contributed by atoms with van der Waals surface area (Å²) in [6, 6.07) is 6.30. The third kappa shape index (κ3) is 3.53. The van der Waals surface area contributed by atoms with Crippen LogP contribution < -0.4 is 10.5 Å². The van der Waals surface area contributed by atoms with Crippen LogP contribution in [0.2, 0.25) is 5.15 Å². The number of hydrogen-bond donors (Lipinski definition) is 2. The summed E-state index contributed by atoms with van der Waals surface area (Å²) in [5, 5.41) is -0.222. The molecule has 0 atom stereocenters. The highest BCUT2D eigenvalue weighted by atomic mass is 35.5. The van der Waals surface area contributed by atoms with Crippen LogP contribution in [-0.2, 0) is 28.3 Å². The van der Waals surface area contributed by atoms with Crippen molar-refractivity contribution in [1.29, 1.82) is 0 Å². The van der Waals surface area contributed by atoms with Crippen LogP contribution in [0.25, 0.3) is 0 Å². The number of anilines is 1. The SMILES string of the molecule is Cn1cnc(S(=O)(=O)Nc2ccc(CC(N)=O)cc2)c1Cl. The number of aromatic nitrogens is 2. The molecule has 0 unspecified atom stereocenters. The Morgan fingerprint density at radius 2 is 2.00 bits per heavy atom. The molecular weight excluding hydrogens is 316 g/mol. The van der Waals surface area contributed by atoms with Gasteiger partial charge in [-0.1, -0.05) is 23.7 Å². The monoisotopic (exact) mass is 328 g/mol. The van der Waals surface area contributed by atoms with Gasteiger partial charge in [0.05, 0.1) is 12.7 Å². The molecule has 0 saturated heterocycles. The number of carbonyl (C=O) groups excluding carboxylic acids is 1. The molecule has 1 heterocycles. The van der Waals surface area contributed by atoms with Gasteiger partial charge < -0.3 is 10.3 Å². The first-order valence-electron chi connectivity index (χ1n) is 5.86. The topological polar surface area (TPSA) is 107 Å². The van der Waals surface area contributed by atoms with Gasteiger partial charge in [-0.15, -0.1) is 0 Å². The van der Waals surface area contributed by atoms with Crippen molar-refractivity contribution in [3.05, 3.63) is 41.3 Å². The first kappa shape index (κ1) is 15.3. The molecule has 2 aromatic rings. The predicted octanol–water partition coefficient (Wildman–Crippen LogP) is 0.902. The van der Waals surface area contributed by atoms with Crippen molar-refractivity contribution in [3.8, 4) is 0 Å². The standard InChI is InChI=1S/C12H13ClN4O3S/c1-17-7-15-12(11(17)13)21(19,20)16-9-4-2-8(3-5-9)6-10(14)18/h2-5,7,16H,6H2,1H3,(H2,14,18). The second-order valence-corrected chi connectivity index (χ2v) is 6.35. The summed E-state index contributed by atoms with van der Waals surface area (Å²) >= 11 is 5.87. The first-order chi connectivity index (χ1) is 9.79. The molecule has 3 N–H and O–H groups in total. The van der Waals surface area contributed by atoms with E-state index in [0.29, 0.717) is 11.3 Å². The number of halogens is 1. The minimum atomic E-state index is -3.86. The van der Waals surface area contributed by atoms with Gasteiger partial charge in [0, 0.05) is 12.7 Å². The second-order valence-electron chi connectivity index (χ2n) is 4.40. The molecule has 0 aliphatic carbocycles. The van der Waals surface area contributed by atoms with Crippen LogP contribution in [0, 0.1) is 0 Å². The van der Waals surface area contributed by atoms with E-state index in [2.05, 4.69) is 9.71 Å². The average molecular weight is 329 g/mol. The van der Waals surface area contributed by atoms with E-state index in [9.17, 15) is 13.2 Å². The molecule has 0 bridgehead atoms. The third-order valence-corrected chi connectivity index (χ3v) is 4.54. The van der Waals surface area contributed by atoms with Gasteiger partial charge in [0.2, 0.25) is 10.9 Å². The quantitative estimate of drug-likeness (QED) is 0.850. The molecular formula is C12H13ClN4O3S. The molecule has 0 aliphatic rings. The lowest BCUT2D eigenvalue weighted by Gasteiger charge is -2.07. The number of primary amides is 1. The number of nitrogens with zero attached hydrogens (tertiary/aromatic N) is 2. The summed E-state index contributed by atoms with van der Waals surface area (Å²) in [5.41, 5.74) is 6.12. The Morgan fingerprint density at radius 1 is 1.38 bits per heavy atom. The largest absolute Gasteiger partial charge is 0.369 e. The highest BCUT2D eigenvalue weighted by Crippen LogP contribution is 2.21. The number of amides is 1. The number of nitrogens with two attached hydrogens (primary N) is 1. The minimum absolute atomic E-state index is 0.0212. The Bertz CT molecular complexity index is 768. The number of hydrogen-bond acceptors (Lipinski definition) is 4. The summed E-state index contributed by atoms with van der Waals surface area (Å²) < 4.78 is 28.1. The van der Waals surface area contributed by atoms with E-state index in [-0.39, 0.29) is 16.6 Å². The summed E-state index contributed by atoms with van der Waals surface area (Å²) in [5.74, 6) is -0.455. The lowest BCUT2D eigenvalue weighted by Crippen LogP contribution is -2.15. The number of imidazole rings is 1. The Kier molecular flexibility index (Phi) is 4.19. The minimum Gasteiger partial charge on any atom is -0.369 e. The Labute approximate surface area is 126 Å². The van der Waals surface area contributed by atoms with E-state index in [1.807, 2.05) is 0 Å². The van der Waals surface area contributed by atoms with Crippen LogP contribution >= 0.6 is 11.6 Å². The predicted molar refractivity (Wildman–Crippen MR) is 78.4 cm³/mol. The van der Waals surface area contributed by atoms with Crippen molar-refractivity contribution in [2.75, 3.05) is 4.72 Å². The molecule has 21 heavy (non-hydrogen) atoms. The maximum absolute atomic E-state index is 12.2. The highest BCUT2D eigenvalue weighted by Gasteiger charge is 2.22. The van der Waals surface area contributed by atoms with Crippen LogP contribution in [0.5, 0.6) is 0 Å². The summed E-state index contributed by atoms with van der Waals surface area (Å²) in [6.07, 6.45) is 1.41. The van der Waals surface area contributed by atoms with Crippen molar-refractivity contribution < 1.29 is 13.2 Å². The van der Waals surface area contributed by atoms with Crippen molar-refractivity contribution in [2.45, 2.75) is 11.4 Å². The van der Waals surface area contributed by atoms with Crippen LogP contribution in [0.4, 0.5) is 5.69 Å². The zero-order chi connectivity index (χ0) is 15.6. The van der Waals surface area contributed by atoms with E-state index in [1.165, 1.54) is 23.0 Å². The Balaban J connectivity index is 2.21. The summed E-state index contributed by atoms with van der Waals surface area (Å²) in [6.45, 7) is 0. The molecule has 9 heteroatoms. The van der Waals surface area contributed by atoms with E-state index >= 15 is 0 Å². The van der Waals surface area contributed by atoms with Gasteiger partial charge in [-0.2, -0.15) is 8.42 Å². The molecule has 1 aromatic carbocycles. The molecule has 112 valence electrons. The average Bonchev–Trinajstić information content (AvgIpc) is 2.72. The fourth-order valence-corrected chi connectivity index (χ4v) is 3.16. The third-order valence-electron chi connectivity index (χ3n) is 2.67. The lowest BCUT2D eigenvalue weighted by atomic mass is 10.1. The van der Waals surface area contributed by atoms with Crippen LogP contribution in [0.1, 0.15) is 5.56 Å². The van der Waals surface area contributed by atoms with Gasteiger partial charge in [-0.25, -0.2) is 4.98 Å². The highest BCUT2D eigenvalue weighted by molar-refractivity contribution is 7.92. The molecule has 0 fully saturated rings. The molecule has 1 aromatic heterocycles. The number of carbonyl (C=O) groups is 1. The molecule has 0 radical (unpaired) electrons. The normalized spacial score (nSPS) is 11.3. The Morgan fingerprint density at radius 3 is 2.48 bits per heavy atom. The van der Waals surface area contributed by atoms with Gasteiger partial charge in [-0.3, -0.25) is 9.52 Å². The van der Waals surface area contributed by atoms with Crippen molar-refractivity contribution in [3.63, 3.8) is 0 Å². The molecule has 0 spiro atoms. The number of benzene rings is 1. The lowest BCUT2D eigenvalue weighted by molar-refractivity contribution is -0.117. The number of sulfonamides is 1. The van der Waals surface area contributed by atoms with E-state index in [1.54, 1.807) is 19.2 Å². The van der Waals surface area contributed by atoms with Crippen LogP contribution in [0.3, 0.4) is 0 Å². The molecule has 1 amide bonds. The summed E-state index contributed by atoms with van der Waals surface area (Å²) in [7, 11) is -2.27. The van der Waals surface area contributed by atoms with E-state index in [4.69, 9.17) is 17.3 Å². The fraction of sp³-hybridized carbons (Fsp3) is 0.167. The van der Waals surface area contributed by atoms with Crippen molar-refractivity contribution >= 4 is 33.2 Å². The second kappa shape index (κ2) is 5.74. The van der Waals surface area contributed by atoms with Gasteiger partial charge in [0.25, 0.3) is 10.0 Å². The van der Waals surface area contributed by atoms with Gasteiger partial charge >= 0.3 is 0 Å². The van der Waals surface area contributed by atoms with Crippen LogP contribution in [-0.4, -0.2) is 23.9 Å². The van der Waals surface area contributed by atoms with Crippen molar-refractivity contribution in [2.24, 2.45) is 12.8 Å². The summed E-state index contributed by atoms with van der Waals surface area (Å²) in [4.78, 5) is 14.6.